The Morgan fingerprint density at radius 2 is 1.88 bits per heavy atom. The SMILES string of the molecule is CCNC(=NCC(c1ccc(OC)cc1)N1CCCC1)NC(C)COC. The molecule has 1 aromatic rings. The summed E-state index contributed by atoms with van der Waals surface area (Å²) in [5.74, 6) is 1.73. The third kappa shape index (κ3) is 6.18. The fourth-order valence-electron chi connectivity index (χ4n) is 3.33. The number of hydrogen-bond donors (Lipinski definition) is 2. The largest absolute Gasteiger partial charge is 0.497 e. The van der Waals surface area contributed by atoms with Crippen molar-refractivity contribution < 1.29 is 9.47 Å². The Morgan fingerprint density at radius 1 is 1.19 bits per heavy atom. The summed E-state index contributed by atoms with van der Waals surface area (Å²) in [5.41, 5.74) is 1.29. The van der Waals surface area contributed by atoms with E-state index in [9.17, 15) is 0 Å². The molecule has 0 saturated carbocycles. The normalized spacial score (nSPS) is 17.8. The second kappa shape index (κ2) is 11.0. The molecule has 2 atom stereocenters. The fraction of sp³-hybridized carbons (Fsp3) is 0.650. The monoisotopic (exact) mass is 362 g/mol. The molecule has 1 aliphatic rings. The van der Waals surface area contributed by atoms with Gasteiger partial charge < -0.3 is 20.1 Å². The smallest absolute Gasteiger partial charge is 0.191 e. The molecule has 0 amide bonds. The third-order valence-electron chi connectivity index (χ3n) is 4.65. The highest BCUT2D eigenvalue weighted by Gasteiger charge is 2.23. The van der Waals surface area contributed by atoms with E-state index in [1.165, 1.54) is 18.4 Å². The summed E-state index contributed by atoms with van der Waals surface area (Å²) in [7, 11) is 3.42. The maximum absolute atomic E-state index is 5.30. The Hall–Kier alpha value is -1.79. The van der Waals surface area contributed by atoms with E-state index >= 15 is 0 Å². The molecule has 1 fully saturated rings. The molecule has 1 heterocycles. The van der Waals surface area contributed by atoms with Gasteiger partial charge in [-0.25, -0.2) is 0 Å². The number of nitrogens with one attached hydrogen (secondary N) is 2. The van der Waals surface area contributed by atoms with Gasteiger partial charge in [0, 0.05) is 19.7 Å². The second-order valence-electron chi connectivity index (χ2n) is 6.75. The van der Waals surface area contributed by atoms with E-state index in [4.69, 9.17) is 14.5 Å². The molecule has 1 saturated heterocycles. The van der Waals surface area contributed by atoms with Gasteiger partial charge in [-0.3, -0.25) is 9.89 Å². The molecule has 6 nitrogen and oxygen atoms in total. The van der Waals surface area contributed by atoms with Gasteiger partial charge in [0.15, 0.2) is 5.96 Å². The Bertz CT molecular complexity index is 541. The zero-order chi connectivity index (χ0) is 18.8. The summed E-state index contributed by atoms with van der Waals surface area (Å²) in [4.78, 5) is 7.40. The summed E-state index contributed by atoms with van der Waals surface area (Å²) in [6.45, 7) is 8.66. The predicted octanol–water partition coefficient (Wildman–Crippen LogP) is 2.42. The van der Waals surface area contributed by atoms with Crippen LogP contribution in [-0.2, 0) is 4.74 Å². The van der Waals surface area contributed by atoms with Crippen LogP contribution in [0.2, 0.25) is 0 Å². The summed E-state index contributed by atoms with van der Waals surface area (Å²) >= 11 is 0. The summed E-state index contributed by atoms with van der Waals surface area (Å²) < 4.78 is 10.5. The Morgan fingerprint density at radius 3 is 2.46 bits per heavy atom. The molecule has 0 aliphatic carbocycles. The summed E-state index contributed by atoms with van der Waals surface area (Å²) in [5, 5.41) is 6.74. The van der Waals surface area contributed by atoms with Gasteiger partial charge in [-0.05, 0) is 57.5 Å². The van der Waals surface area contributed by atoms with Crippen molar-refractivity contribution in [1.29, 1.82) is 0 Å². The highest BCUT2D eigenvalue weighted by molar-refractivity contribution is 5.80. The first kappa shape index (κ1) is 20.5. The van der Waals surface area contributed by atoms with Gasteiger partial charge in [0.25, 0.3) is 0 Å². The van der Waals surface area contributed by atoms with Crippen LogP contribution in [0.4, 0.5) is 0 Å². The van der Waals surface area contributed by atoms with Gasteiger partial charge in [0.1, 0.15) is 5.75 Å². The minimum Gasteiger partial charge on any atom is -0.497 e. The van der Waals surface area contributed by atoms with Crippen LogP contribution in [0.15, 0.2) is 29.3 Å². The molecule has 146 valence electrons. The number of hydrogen-bond acceptors (Lipinski definition) is 4. The van der Waals surface area contributed by atoms with Crippen molar-refractivity contribution in [2.45, 2.75) is 38.8 Å². The lowest BCUT2D eigenvalue weighted by Crippen LogP contribution is -2.44. The number of ether oxygens (including phenoxy) is 2. The Balaban J connectivity index is 2.12. The quantitative estimate of drug-likeness (QED) is 0.522. The van der Waals surface area contributed by atoms with Gasteiger partial charge >= 0.3 is 0 Å². The van der Waals surface area contributed by atoms with Gasteiger partial charge in [0.05, 0.1) is 26.3 Å². The van der Waals surface area contributed by atoms with E-state index in [-0.39, 0.29) is 12.1 Å². The van der Waals surface area contributed by atoms with Gasteiger partial charge in [-0.15, -0.1) is 0 Å². The molecule has 0 radical (unpaired) electrons. The standard InChI is InChI=1S/C20H34N4O2/c1-5-21-20(23-16(2)15-25-3)22-14-19(24-12-6-7-13-24)17-8-10-18(26-4)11-9-17/h8-11,16,19H,5-7,12-15H2,1-4H3,(H2,21,22,23). The minimum absolute atomic E-state index is 0.212. The lowest BCUT2D eigenvalue weighted by Gasteiger charge is -2.27. The van der Waals surface area contributed by atoms with Crippen LogP contribution in [0.25, 0.3) is 0 Å². The minimum atomic E-state index is 0.212. The molecule has 2 N–H and O–H groups in total. The van der Waals surface area contributed by atoms with E-state index < -0.39 is 0 Å². The zero-order valence-electron chi connectivity index (χ0n) is 16.6. The lowest BCUT2D eigenvalue weighted by molar-refractivity contribution is 0.179. The average Bonchev–Trinajstić information content (AvgIpc) is 3.17. The highest BCUT2D eigenvalue weighted by Crippen LogP contribution is 2.27. The van der Waals surface area contributed by atoms with Gasteiger partial charge in [0.2, 0.25) is 0 Å². The van der Waals surface area contributed by atoms with Crippen LogP contribution in [0.5, 0.6) is 5.75 Å². The first-order valence-electron chi connectivity index (χ1n) is 9.59. The molecule has 1 aromatic carbocycles. The molecular formula is C20H34N4O2. The van der Waals surface area contributed by atoms with Crippen LogP contribution in [0, 0.1) is 0 Å². The van der Waals surface area contributed by atoms with Crippen molar-refractivity contribution in [3.05, 3.63) is 29.8 Å². The number of methoxy groups -OCH3 is 2. The summed E-state index contributed by atoms with van der Waals surface area (Å²) in [6.07, 6.45) is 2.53. The second-order valence-corrected chi connectivity index (χ2v) is 6.75. The average molecular weight is 363 g/mol. The van der Waals surface area contributed by atoms with Crippen molar-refractivity contribution in [3.8, 4) is 5.75 Å². The number of benzene rings is 1. The number of likely N-dealkylation sites (tertiary alicyclic amines) is 1. The first-order chi connectivity index (χ1) is 12.7. The van der Waals surface area contributed by atoms with Gasteiger partial charge in [-0.1, -0.05) is 12.1 Å². The number of aliphatic imine (C=N–C) groups is 1. The Kier molecular flexibility index (Phi) is 8.71. The van der Waals surface area contributed by atoms with E-state index in [1.807, 2.05) is 12.1 Å². The molecule has 2 rings (SSSR count). The molecule has 2 unspecified atom stereocenters. The number of nitrogens with zero attached hydrogens (tertiary/aromatic N) is 2. The van der Waals surface area contributed by atoms with Crippen LogP contribution < -0.4 is 15.4 Å². The van der Waals surface area contributed by atoms with Crippen LogP contribution in [-0.4, -0.2) is 63.9 Å². The topological polar surface area (TPSA) is 58.1 Å². The van der Waals surface area contributed by atoms with Crippen molar-refractivity contribution >= 4 is 5.96 Å². The van der Waals surface area contributed by atoms with Crippen molar-refractivity contribution in [3.63, 3.8) is 0 Å². The molecule has 26 heavy (non-hydrogen) atoms. The summed E-state index contributed by atoms with van der Waals surface area (Å²) in [6, 6.07) is 8.88. The highest BCUT2D eigenvalue weighted by atomic mass is 16.5. The van der Waals surface area contributed by atoms with Crippen molar-refractivity contribution in [2.24, 2.45) is 4.99 Å². The van der Waals surface area contributed by atoms with Crippen molar-refractivity contribution in [1.82, 2.24) is 15.5 Å². The first-order valence-corrected chi connectivity index (χ1v) is 9.59. The van der Waals surface area contributed by atoms with E-state index in [2.05, 4.69) is 41.5 Å². The zero-order valence-corrected chi connectivity index (χ0v) is 16.6. The number of guanidine groups is 1. The molecule has 1 aliphatic heterocycles. The molecule has 0 bridgehead atoms. The van der Waals surface area contributed by atoms with E-state index in [0.29, 0.717) is 6.61 Å². The Labute approximate surface area is 158 Å². The van der Waals surface area contributed by atoms with Crippen LogP contribution >= 0.6 is 0 Å². The number of rotatable bonds is 9. The van der Waals surface area contributed by atoms with Gasteiger partial charge in [-0.2, -0.15) is 0 Å². The lowest BCUT2D eigenvalue weighted by atomic mass is 10.1. The van der Waals surface area contributed by atoms with Crippen LogP contribution in [0.3, 0.4) is 0 Å². The maximum atomic E-state index is 5.30. The van der Waals surface area contributed by atoms with E-state index in [0.717, 1.165) is 37.9 Å². The molecule has 0 spiro atoms. The predicted molar refractivity (Wildman–Crippen MR) is 107 cm³/mol. The van der Waals surface area contributed by atoms with Crippen molar-refractivity contribution in [2.75, 3.05) is 47.0 Å². The molecule has 6 heteroatoms. The molecule has 0 aromatic heterocycles. The van der Waals surface area contributed by atoms with E-state index in [1.54, 1.807) is 14.2 Å². The van der Waals surface area contributed by atoms with Crippen LogP contribution in [0.1, 0.15) is 38.3 Å². The maximum Gasteiger partial charge on any atom is 0.191 e. The molecular weight excluding hydrogens is 328 g/mol. The fourth-order valence-corrected chi connectivity index (χ4v) is 3.33. The third-order valence-corrected chi connectivity index (χ3v) is 4.65.